The molecule has 184 valence electrons. The maximum absolute atomic E-state index is 12.0. The van der Waals surface area contributed by atoms with Crippen molar-refractivity contribution in [3.63, 3.8) is 0 Å². The largest absolute Gasteiger partial charge is 0.477 e. The highest BCUT2D eigenvalue weighted by Gasteiger charge is 2.17. The van der Waals surface area contributed by atoms with Crippen molar-refractivity contribution in [2.24, 2.45) is 11.8 Å². The fourth-order valence-electron chi connectivity index (χ4n) is 3.48. The number of ether oxygens (including phenoxy) is 1. The molecule has 0 saturated carbocycles. The van der Waals surface area contributed by atoms with Crippen molar-refractivity contribution in [3.05, 3.63) is 51.6 Å². The molecule has 2 saturated heterocycles. The quantitative estimate of drug-likeness (QED) is 0.514. The number of hydrogen-bond donors (Lipinski definition) is 1. The van der Waals surface area contributed by atoms with Crippen LogP contribution in [0.25, 0.3) is 0 Å². The van der Waals surface area contributed by atoms with Crippen LogP contribution in [0.3, 0.4) is 0 Å². The molecule has 2 aromatic heterocycles. The highest BCUT2D eigenvalue weighted by Crippen LogP contribution is 2.18. The lowest BCUT2D eigenvalue weighted by molar-refractivity contribution is 0.148. The van der Waals surface area contributed by atoms with Crippen LogP contribution in [0.2, 0.25) is 0 Å². The first-order valence-electron chi connectivity index (χ1n) is 11.3. The minimum atomic E-state index is -0.451. The van der Waals surface area contributed by atoms with Crippen LogP contribution in [0.1, 0.15) is 25.7 Å². The SMILES string of the molecule is CN1CCC(CO)CC1.CN1CCC(COc2ccc(Br)cn2)CC1.Fc1ccc(Br)cn1. The van der Waals surface area contributed by atoms with Crippen molar-refractivity contribution in [2.45, 2.75) is 25.7 Å². The van der Waals surface area contributed by atoms with Gasteiger partial charge in [0.15, 0.2) is 0 Å². The zero-order chi connectivity index (χ0) is 24.1. The topological polar surface area (TPSA) is 61.7 Å². The van der Waals surface area contributed by atoms with Gasteiger partial charge in [0.25, 0.3) is 0 Å². The van der Waals surface area contributed by atoms with Gasteiger partial charge in [-0.3, -0.25) is 0 Å². The Hall–Kier alpha value is -1.13. The van der Waals surface area contributed by atoms with E-state index in [9.17, 15) is 4.39 Å². The van der Waals surface area contributed by atoms with Gasteiger partial charge in [0.05, 0.1) is 6.61 Å². The third-order valence-corrected chi connectivity index (χ3v) is 6.73. The predicted octanol–water partition coefficient (Wildman–Crippen LogP) is 4.87. The number of likely N-dealkylation sites (tertiary alicyclic amines) is 2. The van der Waals surface area contributed by atoms with Crippen LogP contribution < -0.4 is 4.74 Å². The number of pyridine rings is 2. The molecule has 0 atom stereocenters. The number of aromatic nitrogens is 2. The smallest absolute Gasteiger partial charge is 0.213 e. The number of aliphatic hydroxyl groups excluding tert-OH is 1. The molecule has 0 bridgehead atoms. The lowest BCUT2D eigenvalue weighted by Crippen LogP contribution is -2.32. The predicted molar refractivity (Wildman–Crippen MR) is 137 cm³/mol. The van der Waals surface area contributed by atoms with Crippen LogP contribution >= 0.6 is 31.9 Å². The second-order valence-electron chi connectivity index (χ2n) is 8.60. The molecule has 0 amide bonds. The lowest BCUT2D eigenvalue weighted by atomic mass is 9.98. The molecular weight excluding hydrogens is 555 g/mol. The summed E-state index contributed by atoms with van der Waals surface area (Å²) in [4.78, 5) is 12.2. The Balaban J connectivity index is 0.000000192. The summed E-state index contributed by atoms with van der Waals surface area (Å²) in [5.74, 6) is 1.54. The lowest BCUT2D eigenvalue weighted by Gasteiger charge is -2.28. The molecule has 2 aromatic rings. The van der Waals surface area contributed by atoms with E-state index in [-0.39, 0.29) is 0 Å². The number of aliphatic hydroxyl groups is 1. The minimum Gasteiger partial charge on any atom is -0.477 e. The first kappa shape index (κ1) is 28.1. The van der Waals surface area contributed by atoms with Crippen molar-refractivity contribution in [3.8, 4) is 5.88 Å². The summed E-state index contributed by atoms with van der Waals surface area (Å²) in [6.45, 7) is 5.86. The Bertz CT molecular complexity index is 746. The molecule has 9 heteroatoms. The summed E-state index contributed by atoms with van der Waals surface area (Å²) >= 11 is 6.47. The van der Waals surface area contributed by atoms with Crippen molar-refractivity contribution in [1.29, 1.82) is 0 Å². The van der Waals surface area contributed by atoms with E-state index in [1.165, 1.54) is 51.0 Å². The fourth-order valence-corrected chi connectivity index (χ4v) is 3.95. The highest BCUT2D eigenvalue weighted by molar-refractivity contribution is 9.10. The molecule has 0 aliphatic carbocycles. The van der Waals surface area contributed by atoms with Gasteiger partial charge in [-0.2, -0.15) is 4.39 Å². The number of rotatable bonds is 4. The summed E-state index contributed by atoms with van der Waals surface area (Å²) in [6.07, 6.45) is 7.99. The van der Waals surface area contributed by atoms with E-state index >= 15 is 0 Å². The van der Waals surface area contributed by atoms with Crippen LogP contribution in [0.5, 0.6) is 5.88 Å². The molecule has 0 radical (unpaired) electrons. The first-order chi connectivity index (χ1) is 15.9. The number of piperidine rings is 2. The van der Waals surface area contributed by atoms with Crippen molar-refractivity contribution >= 4 is 31.9 Å². The number of hydrogen-bond acceptors (Lipinski definition) is 6. The van der Waals surface area contributed by atoms with Gasteiger partial charge in [-0.05, 0) is 128 Å². The Morgan fingerprint density at radius 3 is 1.82 bits per heavy atom. The average Bonchev–Trinajstić information content (AvgIpc) is 2.83. The van der Waals surface area contributed by atoms with E-state index in [4.69, 9.17) is 9.84 Å². The second-order valence-corrected chi connectivity index (χ2v) is 10.4. The normalized spacial score (nSPS) is 18.0. The molecular formula is C24H35Br2FN4O2. The summed E-state index contributed by atoms with van der Waals surface area (Å²) in [5, 5.41) is 8.76. The first-order valence-corrected chi connectivity index (χ1v) is 12.9. The molecule has 1 N–H and O–H groups in total. The van der Waals surface area contributed by atoms with Gasteiger partial charge in [-0.15, -0.1) is 0 Å². The van der Waals surface area contributed by atoms with Crippen LogP contribution in [0.4, 0.5) is 4.39 Å². The standard InChI is InChI=1S/C12H17BrN2O.C7H15NO.C5H3BrFN/c1-15-6-4-10(5-7-15)9-16-12-3-2-11(13)8-14-12;1-8-4-2-7(6-9)3-5-8;6-4-1-2-5(7)8-3-4/h2-3,8,10H,4-7,9H2,1H3;7,9H,2-6H2,1H3;1-3H. The van der Waals surface area contributed by atoms with E-state index < -0.39 is 5.95 Å². The van der Waals surface area contributed by atoms with Gasteiger partial charge in [0.1, 0.15) is 0 Å². The third-order valence-electron chi connectivity index (χ3n) is 5.79. The molecule has 33 heavy (non-hydrogen) atoms. The number of halogens is 3. The average molecular weight is 590 g/mol. The van der Waals surface area contributed by atoms with Gasteiger partial charge in [0.2, 0.25) is 11.8 Å². The van der Waals surface area contributed by atoms with E-state index in [1.54, 1.807) is 12.3 Å². The maximum Gasteiger partial charge on any atom is 0.213 e. The van der Waals surface area contributed by atoms with E-state index in [0.29, 0.717) is 18.4 Å². The molecule has 4 rings (SSSR count). The zero-order valence-electron chi connectivity index (χ0n) is 19.5. The van der Waals surface area contributed by atoms with Crippen LogP contribution in [0, 0.1) is 17.8 Å². The van der Waals surface area contributed by atoms with Gasteiger partial charge in [0, 0.05) is 34.0 Å². The molecule has 4 heterocycles. The maximum atomic E-state index is 12.0. The van der Waals surface area contributed by atoms with E-state index in [0.717, 1.165) is 34.5 Å². The second kappa shape index (κ2) is 15.7. The van der Waals surface area contributed by atoms with Crippen molar-refractivity contribution < 1.29 is 14.2 Å². The summed E-state index contributed by atoms with van der Waals surface area (Å²) in [5.41, 5.74) is 0. The minimum absolute atomic E-state index is 0.383. The Labute approximate surface area is 213 Å². The molecule has 6 nitrogen and oxygen atoms in total. The van der Waals surface area contributed by atoms with Crippen LogP contribution in [-0.2, 0) is 0 Å². The van der Waals surface area contributed by atoms with Crippen molar-refractivity contribution in [2.75, 3.05) is 53.5 Å². The third kappa shape index (κ3) is 12.2. The zero-order valence-corrected chi connectivity index (χ0v) is 22.6. The van der Waals surface area contributed by atoms with Gasteiger partial charge >= 0.3 is 0 Å². The fraction of sp³-hybridized carbons (Fsp3) is 0.583. The van der Waals surface area contributed by atoms with Crippen molar-refractivity contribution in [1.82, 2.24) is 19.8 Å². The molecule has 2 aliphatic rings. The summed E-state index contributed by atoms with van der Waals surface area (Å²) in [7, 11) is 4.31. The molecule has 0 unspecified atom stereocenters. The van der Waals surface area contributed by atoms with Crippen LogP contribution in [0.15, 0.2) is 45.6 Å². The number of nitrogens with zero attached hydrogens (tertiary/aromatic N) is 4. The Morgan fingerprint density at radius 2 is 1.39 bits per heavy atom. The van der Waals surface area contributed by atoms with Crippen LogP contribution in [-0.4, -0.2) is 78.4 Å². The van der Waals surface area contributed by atoms with E-state index in [2.05, 4.69) is 65.7 Å². The Kier molecular flexibility index (Phi) is 13.4. The van der Waals surface area contributed by atoms with Gasteiger partial charge in [-0.25, -0.2) is 9.97 Å². The Morgan fingerprint density at radius 1 is 0.879 bits per heavy atom. The molecule has 2 aliphatic heterocycles. The summed E-state index contributed by atoms with van der Waals surface area (Å²) in [6, 6.07) is 6.75. The summed E-state index contributed by atoms with van der Waals surface area (Å²) < 4.78 is 19.4. The monoisotopic (exact) mass is 588 g/mol. The molecule has 0 spiro atoms. The highest BCUT2D eigenvalue weighted by atomic mass is 79.9. The van der Waals surface area contributed by atoms with Gasteiger partial charge in [-0.1, -0.05) is 0 Å². The molecule has 0 aromatic carbocycles. The van der Waals surface area contributed by atoms with Gasteiger partial charge < -0.3 is 19.6 Å². The molecule has 2 fully saturated rings. The van der Waals surface area contributed by atoms with E-state index in [1.807, 2.05) is 12.1 Å².